The van der Waals surface area contributed by atoms with Gasteiger partial charge in [0, 0.05) is 17.7 Å². The Bertz CT molecular complexity index is 1050. The molecule has 0 radical (unpaired) electrons. The molecule has 3 rings (SSSR count). The monoisotopic (exact) mass is 511 g/mol. The Hall–Kier alpha value is -3.13. The van der Waals surface area contributed by atoms with Crippen molar-refractivity contribution in [2.45, 2.75) is 37.8 Å². The van der Waals surface area contributed by atoms with Crippen LogP contribution in [0.4, 0.5) is 5.13 Å². The van der Waals surface area contributed by atoms with Crippen LogP contribution in [-0.4, -0.2) is 80.4 Å². The number of thiazole rings is 1. The Balaban J connectivity index is 1.70. The summed E-state index contributed by atoms with van der Waals surface area (Å²) in [6.07, 6.45) is 1.33. The van der Waals surface area contributed by atoms with Gasteiger partial charge in [-0.1, -0.05) is 11.2 Å². The zero-order chi connectivity index (χ0) is 25.3. The lowest BCUT2D eigenvalue weighted by atomic mass is 9.87. The average molecular weight is 512 g/mol. The molecule has 34 heavy (non-hydrogen) atoms. The molecule has 0 aliphatic carbocycles. The minimum atomic E-state index is -1.24. The quantitative estimate of drug-likeness (QED) is 0.146. The molecule has 2 aliphatic rings. The number of hydrogen-bond acceptors (Lipinski definition) is 11. The molecule has 0 spiro atoms. The van der Waals surface area contributed by atoms with Gasteiger partial charge in [-0.25, -0.2) is 9.78 Å². The van der Waals surface area contributed by atoms with Crippen LogP contribution in [-0.2, 0) is 28.8 Å². The molecule has 2 amide bonds. The van der Waals surface area contributed by atoms with Crippen LogP contribution >= 0.6 is 23.1 Å². The predicted molar refractivity (Wildman–Crippen MR) is 125 cm³/mol. The second-order valence-corrected chi connectivity index (χ2v) is 10.6. The molecule has 2 aliphatic heterocycles. The van der Waals surface area contributed by atoms with E-state index in [2.05, 4.69) is 22.0 Å². The van der Waals surface area contributed by atoms with Crippen LogP contribution in [0, 0.1) is 5.41 Å². The number of carboxylic acid groups (broad SMARTS) is 1. The summed E-state index contributed by atoms with van der Waals surface area (Å²) in [5.41, 5.74) is 3.54. The van der Waals surface area contributed by atoms with Crippen molar-refractivity contribution in [3.8, 4) is 0 Å². The highest BCUT2D eigenvalue weighted by Gasteiger charge is 2.56. The van der Waals surface area contributed by atoms with Gasteiger partial charge in [0.05, 0.1) is 0 Å². The van der Waals surface area contributed by atoms with Crippen molar-refractivity contribution in [1.82, 2.24) is 15.2 Å². The summed E-state index contributed by atoms with van der Waals surface area (Å²) in [5, 5.41) is 17.1. The molecule has 0 saturated carbocycles. The fraction of sp³-hybridized carbons (Fsp3) is 0.500. The van der Waals surface area contributed by atoms with Crippen molar-refractivity contribution >= 4 is 57.7 Å². The third-order valence-electron chi connectivity index (χ3n) is 4.95. The van der Waals surface area contributed by atoms with E-state index >= 15 is 0 Å². The molecule has 3 atom stereocenters. The van der Waals surface area contributed by atoms with Gasteiger partial charge in [-0.3, -0.25) is 14.4 Å². The number of rotatable bonds is 8. The fourth-order valence-corrected chi connectivity index (χ4v) is 5.35. The van der Waals surface area contributed by atoms with Crippen LogP contribution in [0.2, 0.25) is 0 Å². The van der Waals surface area contributed by atoms with Gasteiger partial charge >= 0.3 is 11.9 Å². The molecule has 1 aromatic rings. The van der Waals surface area contributed by atoms with Gasteiger partial charge in [0.1, 0.15) is 28.1 Å². The molecule has 2 fully saturated rings. The first kappa shape index (κ1) is 25.5. The number of aromatic nitrogens is 1. The molecule has 0 bridgehead atoms. The number of fused-ring (bicyclic) bond motifs is 1. The number of oxime groups is 1. The number of carboxylic acids is 1. The number of esters is 1. The van der Waals surface area contributed by atoms with E-state index in [1.165, 1.54) is 28.1 Å². The summed E-state index contributed by atoms with van der Waals surface area (Å²) < 4.78 is 5.13. The fourth-order valence-electron chi connectivity index (χ4n) is 3.27. The molecule has 0 aromatic carbocycles. The van der Waals surface area contributed by atoms with Crippen LogP contribution in [0.1, 0.15) is 26.5 Å². The molecule has 184 valence electrons. The maximum absolute atomic E-state index is 13.0. The number of amides is 2. The minimum absolute atomic E-state index is 0.0305. The zero-order valence-corrected chi connectivity index (χ0v) is 20.4. The number of nitrogens with two attached hydrogens (primary N) is 1. The Morgan fingerprint density at radius 2 is 2.18 bits per heavy atom. The molecule has 2 unspecified atom stereocenters. The second kappa shape index (κ2) is 9.62. The Kier molecular flexibility index (Phi) is 7.21. The number of carbonyl (C=O) groups is 4. The number of ether oxygens (including phenoxy) is 1. The highest BCUT2D eigenvalue weighted by molar-refractivity contribution is 8.00. The number of nitrogen functional groups attached to an aromatic ring is 1. The standard InChI is InChI=1S/C20H25N5O7S2/c1-5-20(17(29)30)8-25-15(28)13(16(25)34-9-20)23-14(27)12(10-7-33-18(21)22-10)24-31-6-11(26)32-19(2,3)4/h5,7,13,16H,1,6,8-9H2,2-4H3,(H2,21,22)(H,23,27)(H,29,30)/t13?,16-,20?/m1/s1. The molecule has 12 nitrogen and oxygen atoms in total. The van der Waals surface area contributed by atoms with Crippen molar-refractivity contribution in [2.24, 2.45) is 10.6 Å². The van der Waals surface area contributed by atoms with Gasteiger partial charge in [-0.15, -0.1) is 29.7 Å². The number of carbonyl (C=O) groups excluding carboxylic acids is 3. The summed E-state index contributed by atoms with van der Waals surface area (Å²) in [5.74, 6) is -2.72. The molecular formula is C20H25N5O7S2. The van der Waals surface area contributed by atoms with E-state index in [1.807, 2.05) is 0 Å². The second-order valence-electron chi connectivity index (χ2n) is 8.66. The van der Waals surface area contributed by atoms with E-state index < -0.39 is 52.8 Å². The van der Waals surface area contributed by atoms with Gasteiger partial charge in [-0.2, -0.15) is 0 Å². The van der Waals surface area contributed by atoms with Gasteiger partial charge in [-0.05, 0) is 20.8 Å². The van der Waals surface area contributed by atoms with Crippen LogP contribution in [0.5, 0.6) is 0 Å². The molecule has 1 aromatic heterocycles. The average Bonchev–Trinajstić information content (AvgIpc) is 3.18. The Morgan fingerprint density at radius 1 is 1.47 bits per heavy atom. The number of aliphatic carboxylic acids is 1. The van der Waals surface area contributed by atoms with Gasteiger partial charge in [0.25, 0.3) is 5.91 Å². The normalized spacial score (nSPS) is 24.5. The van der Waals surface area contributed by atoms with Crippen LogP contribution in [0.3, 0.4) is 0 Å². The van der Waals surface area contributed by atoms with E-state index in [9.17, 15) is 24.3 Å². The van der Waals surface area contributed by atoms with Crippen molar-refractivity contribution in [3.05, 3.63) is 23.7 Å². The molecule has 4 N–H and O–H groups in total. The predicted octanol–water partition coefficient (Wildman–Crippen LogP) is 0.445. The highest BCUT2D eigenvalue weighted by atomic mass is 32.2. The lowest BCUT2D eigenvalue weighted by Crippen LogP contribution is -2.73. The zero-order valence-electron chi connectivity index (χ0n) is 18.8. The third-order valence-corrected chi connectivity index (χ3v) is 7.17. The first-order valence-corrected chi connectivity index (χ1v) is 12.0. The molecule has 14 heteroatoms. The summed E-state index contributed by atoms with van der Waals surface area (Å²) in [4.78, 5) is 59.6. The van der Waals surface area contributed by atoms with Crippen molar-refractivity contribution < 1.29 is 33.9 Å². The van der Waals surface area contributed by atoms with E-state index in [1.54, 1.807) is 20.8 Å². The number of anilines is 1. The lowest BCUT2D eigenvalue weighted by molar-refractivity contribution is -0.160. The number of thioether (sulfide) groups is 1. The summed E-state index contributed by atoms with van der Waals surface area (Å²) in [6.45, 7) is 8.11. The summed E-state index contributed by atoms with van der Waals surface area (Å²) in [7, 11) is 0. The first-order chi connectivity index (χ1) is 15.9. The van der Waals surface area contributed by atoms with E-state index in [0.29, 0.717) is 0 Å². The minimum Gasteiger partial charge on any atom is -0.481 e. The summed E-state index contributed by atoms with van der Waals surface area (Å²) in [6, 6.07) is -0.888. The molecule has 2 saturated heterocycles. The lowest BCUT2D eigenvalue weighted by Gasteiger charge is -2.53. The van der Waals surface area contributed by atoms with Crippen LogP contribution < -0.4 is 11.1 Å². The van der Waals surface area contributed by atoms with E-state index in [0.717, 1.165) is 11.3 Å². The maximum Gasteiger partial charge on any atom is 0.347 e. The Morgan fingerprint density at radius 3 is 2.74 bits per heavy atom. The topological polar surface area (TPSA) is 174 Å². The van der Waals surface area contributed by atoms with Crippen LogP contribution in [0.15, 0.2) is 23.2 Å². The van der Waals surface area contributed by atoms with Crippen molar-refractivity contribution in [1.29, 1.82) is 0 Å². The number of hydrogen-bond donors (Lipinski definition) is 3. The highest BCUT2D eigenvalue weighted by Crippen LogP contribution is 2.42. The smallest absolute Gasteiger partial charge is 0.347 e. The molecular weight excluding hydrogens is 486 g/mol. The SMILES string of the molecule is C=CC1(C(=O)O)CS[C@@H]2C(NC(=O)C(=NOCC(=O)OC(C)(C)C)c3csc(N)n3)C(=O)N2C1. The maximum atomic E-state index is 13.0. The van der Waals surface area contributed by atoms with Crippen LogP contribution in [0.25, 0.3) is 0 Å². The Labute approximate surface area is 203 Å². The largest absolute Gasteiger partial charge is 0.481 e. The van der Waals surface area contributed by atoms with Crippen molar-refractivity contribution in [3.63, 3.8) is 0 Å². The third kappa shape index (κ3) is 5.33. The number of nitrogens with zero attached hydrogens (tertiary/aromatic N) is 3. The van der Waals surface area contributed by atoms with Gasteiger partial charge in [0.15, 0.2) is 10.8 Å². The van der Waals surface area contributed by atoms with Gasteiger partial charge in [0.2, 0.25) is 12.5 Å². The van der Waals surface area contributed by atoms with Crippen molar-refractivity contribution in [2.75, 3.05) is 24.6 Å². The number of nitrogens with one attached hydrogen (secondary N) is 1. The first-order valence-electron chi connectivity index (χ1n) is 10.1. The van der Waals surface area contributed by atoms with E-state index in [-0.39, 0.29) is 28.8 Å². The van der Waals surface area contributed by atoms with Gasteiger partial charge < -0.3 is 30.6 Å². The number of β-lactam (4-membered cyclic amide) rings is 1. The molecule has 3 heterocycles. The van der Waals surface area contributed by atoms with E-state index in [4.69, 9.17) is 15.3 Å². The summed E-state index contributed by atoms with van der Waals surface area (Å²) >= 11 is 2.31.